The first-order valence-corrected chi connectivity index (χ1v) is 17.8. The van der Waals surface area contributed by atoms with Gasteiger partial charge in [-0.15, -0.1) is 0 Å². The predicted octanol–water partition coefficient (Wildman–Crippen LogP) is 4.08. The first-order valence-electron chi connectivity index (χ1n) is 16.2. The fraction of sp³-hybridized carbons (Fsp3) is 0.875. The SMILES string of the molecule is CC(=O)O[C@@H]1CC[C@@]2(C)[C@@H](C1)C[C@@H](OC(C)=O)[C@@H]1[C@@H]2C[C@H](OC(C)=O)[C@]2(C)[C@@H]([C@H](C)CCC(=O)NCCS(=O)(=O)O)CC[C@@H]12. The Morgan fingerprint density at radius 3 is 2.18 bits per heavy atom. The molecule has 0 saturated heterocycles. The van der Waals surface area contributed by atoms with E-state index >= 15 is 0 Å². The molecular formula is C32H51NO10S. The third kappa shape index (κ3) is 7.26. The van der Waals surface area contributed by atoms with Crippen LogP contribution >= 0.6 is 0 Å². The van der Waals surface area contributed by atoms with E-state index in [-0.39, 0.29) is 101 Å². The Bertz CT molecular complexity index is 1220. The molecule has 4 saturated carbocycles. The number of fused-ring (bicyclic) bond motifs is 5. The number of amides is 1. The number of hydrogen-bond acceptors (Lipinski definition) is 9. The summed E-state index contributed by atoms with van der Waals surface area (Å²) in [6.07, 6.45) is 5.60. The van der Waals surface area contributed by atoms with E-state index in [1.54, 1.807) is 0 Å². The van der Waals surface area contributed by atoms with Crippen LogP contribution in [0, 0.1) is 46.3 Å². The summed E-state index contributed by atoms with van der Waals surface area (Å²) in [5, 5.41) is 2.57. The van der Waals surface area contributed by atoms with Crippen LogP contribution in [0.15, 0.2) is 0 Å². The van der Waals surface area contributed by atoms with Crippen LogP contribution < -0.4 is 5.32 Å². The van der Waals surface area contributed by atoms with Gasteiger partial charge in [0.1, 0.15) is 18.3 Å². The van der Waals surface area contributed by atoms with Gasteiger partial charge in [0.25, 0.3) is 10.1 Å². The Morgan fingerprint density at radius 1 is 0.909 bits per heavy atom. The molecule has 250 valence electrons. The number of nitrogens with one attached hydrogen (secondary N) is 1. The summed E-state index contributed by atoms with van der Waals surface area (Å²) in [6, 6.07) is 0. The molecule has 11 atom stereocenters. The average molecular weight is 642 g/mol. The summed E-state index contributed by atoms with van der Waals surface area (Å²) in [6.45, 7) is 10.9. The maximum atomic E-state index is 12.5. The largest absolute Gasteiger partial charge is 0.463 e. The van der Waals surface area contributed by atoms with Crippen molar-refractivity contribution in [3.63, 3.8) is 0 Å². The highest BCUT2D eigenvalue weighted by Gasteiger charge is 2.67. The van der Waals surface area contributed by atoms with E-state index in [4.69, 9.17) is 18.8 Å². The lowest BCUT2D eigenvalue weighted by molar-refractivity contribution is -0.224. The summed E-state index contributed by atoms with van der Waals surface area (Å²) < 4.78 is 48.8. The van der Waals surface area contributed by atoms with Crippen molar-refractivity contribution in [2.24, 2.45) is 46.3 Å². The van der Waals surface area contributed by atoms with E-state index in [1.165, 1.54) is 20.8 Å². The molecule has 0 radical (unpaired) electrons. The fourth-order valence-corrected chi connectivity index (χ4v) is 10.4. The van der Waals surface area contributed by atoms with Crippen LogP contribution in [0.5, 0.6) is 0 Å². The van der Waals surface area contributed by atoms with Crippen molar-refractivity contribution in [2.75, 3.05) is 12.3 Å². The quantitative estimate of drug-likeness (QED) is 0.202. The van der Waals surface area contributed by atoms with Gasteiger partial charge < -0.3 is 19.5 Å². The lowest BCUT2D eigenvalue weighted by atomic mass is 9.43. The van der Waals surface area contributed by atoms with Gasteiger partial charge in [0, 0.05) is 45.1 Å². The zero-order valence-electron chi connectivity index (χ0n) is 27.0. The predicted molar refractivity (Wildman–Crippen MR) is 160 cm³/mol. The van der Waals surface area contributed by atoms with Gasteiger partial charge in [-0.25, -0.2) is 0 Å². The third-order valence-electron chi connectivity index (χ3n) is 11.9. The van der Waals surface area contributed by atoms with Crippen LogP contribution in [-0.2, 0) is 43.5 Å². The molecule has 0 bridgehead atoms. The minimum Gasteiger partial charge on any atom is -0.463 e. The van der Waals surface area contributed by atoms with Crippen molar-refractivity contribution in [1.82, 2.24) is 5.32 Å². The normalized spacial score (nSPS) is 38.7. The van der Waals surface area contributed by atoms with E-state index < -0.39 is 15.9 Å². The molecule has 4 rings (SSSR count). The Morgan fingerprint density at radius 2 is 1.57 bits per heavy atom. The Hall–Kier alpha value is -2.21. The van der Waals surface area contributed by atoms with Crippen molar-refractivity contribution >= 4 is 33.9 Å². The molecule has 0 unspecified atom stereocenters. The van der Waals surface area contributed by atoms with Crippen LogP contribution in [0.25, 0.3) is 0 Å². The molecule has 0 aliphatic heterocycles. The number of carbonyl (C=O) groups excluding carboxylic acids is 4. The first-order chi connectivity index (χ1) is 20.5. The van der Waals surface area contributed by atoms with E-state index in [0.29, 0.717) is 19.3 Å². The van der Waals surface area contributed by atoms with Crippen molar-refractivity contribution in [2.45, 2.75) is 118 Å². The van der Waals surface area contributed by atoms with E-state index in [1.807, 2.05) is 0 Å². The standard InChI is InChI=1S/C32H51NO10S/c1-18(7-10-29(37)33-13-14-44(38,39)40)24-8-9-25-30-26(17-28(32(24,25)6)43-21(4)36)31(5)12-11-23(41-19(2)34)15-22(31)16-27(30)42-20(3)35/h18,22-28,30H,7-17H2,1-6H3,(H,33,37)(H,38,39,40)/t18-,22+,23-,24-,25+,26+,27-,28+,30+,31+,32-/m1/s1. The Labute approximate surface area is 261 Å². The average Bonchev–Trinajstić information content (AvgIpc) is 3.25. The minimum atomic E-state index is -4.15. The molecule has 4 aliphatic rings. The van der Waals surface area contributed by atoms with Crippen molar-refractivity contribution in [3.8, 4) is 0 Å². The summed E-state index contributed by atoms with van der Waals surface area (Å²) in [4.78, 5) is 49.2. The lowest BCUT2D eigenvalue weighted by Crippen LogP contribution is -2.63. The monoisotopic (exact) mass is 641 g/mol. The van der Waals surface area contributed by atoms with E-state index in [9.17, 15) is 27.6 Å². The van der Waals surface area contributed by atoms with Gasteiger partial charge in [-0.1, -0.05) is 20.8 Å². The number of ether oxygens (including phenoxy) is 3. The highest BCUT2D eigenvalue weighted by atomic mass is 32.2. The Kier molecular flexibility index (Phi) is 10.4. The maximum Gasteiger partial charge on any atom is 0.302 e. The molecular weight excluding hydrogens is 590 g/mol. The molecule has 0 heterocycles. The van der Waals surface area contributed by atoms with Crippen molar-refractivity contribution < 1.29 is 46.4 Å². The van der Waals surface area contributed by atoms with Crippen LogP contribution in [0.1, 0.15) is 99.3 Å². The summed E-state index contributed by atoms with van der Waals surface area (Å²) in [5.41, 5.74) is -0.466. The van der Waals surface area contributed by atoms with Crippen molar-refractivity contribution in [1.29, 1.82) is 0 Å². The van der Waals surface area contributed by atoms with Crippen LogP contribution in [0.4, 0.5) is 0 Å². The van der Waals surface area contributed by atoms with E-state index in [0.717, 1.165) is 32.1 Å². The van der Waals surface area contributed by atoms with Crippen LogP contribution in [-0.4, -0.2) is 67.4 Å². The summed E-state index contributed by atoms with van der Waals surface area (Å²) in [5.74, 6) is -0.835. The van der Waals surface area contributed by atoms with Crippen LogP contribution in [0.2, 0.25) is 0 Å². The Balaban J connectivity index is 1.59. The van der Waals surface area contributed by atoms with Gasteiger partial charge in [-0.3, -0.25) is 23.7 Å². The highest BCUT2D eigenvalue weighted by Crippen LogP contribution is 2.69. The second kappa shape index (κ2) is 13.3. The van der Waals surface area contributed by atoms with Crippen molar-refractivity contribution in [3.05, 3.63) is 0 Å². The van der Waals surface area contributed by atoms with Gasteiger partial charge in [0.05, 0.1) is 5.75 Å². The second-order valence-electron chi connectivity index (χ2n) is 14.4. The number of carbonyl (C=O) groups is 4. The van der Waals surface area contributed by atoms with Crippen LogP contribution in [0.3, 0.4) is 0 Å². The topological polar surface area (TPSA) is 162 Å². The molecule has 4 fully saturated rings. The zero-order chi connectivity index (χ0) is 32.6. The van der Waals surface area contributed by atoms with Gasteiger partial charge >= 0.3 is 17.9 Å². The maximum absolute atomic E-state index is 12.5. The van der Waals surface area contributed by atoms with Gasteiger partial charge in [0.15, 0.2) is 0 Å². The second-order valence-corrected chi connectivity index (χ2v) is 16.0. The third-order valence-corrected chi connectivity index (χ3v) is 12.6. The molecule has 0 spiro atoms. The molecule has 44 heavy (non-hydrogen) atoms. The fourth-order valence-electron chi connectivity index (χ4n) is 10.1. The van der Waals surface area contributed by atoms with Gasteiger partial charge in [-0.2, -0.15) is 8.42 Å². The van der Waals surface area contributed by atoms with Gasteiger partial charge in [0.2, 0.25) is 5.91 Å². The molecule has 2 N–H and O–H groups in total. The number of esters is 3. The molecule has 11 nitrogen and oxygen atoms in total. The zero-order valence-corrected chi connectivity index (χ0v) is 27.8. The van der Waals surface area contributed by atoms with Gasteiger partial charge in [-0.05, 0) is 86.4 Å². The summed E-state index contributed by atoms with van der Waals surface area (Å²) in [7, 11) is -4.15. The first kappa shape index (κ1) is 34.7. The number of hydrogen-bond donors (Lipinski definition) is 2. The molecule has 0 aromatic rings. The molecule has 0 aromatic heterocycles. The minimum absolute atomic E-state index is 0.0818. The lowest BCUT2D eigenvalue weighted by Gasteiger charge is -2.64. The molecule has 4 aliphatic carbocycles. The highest BCUT2D eigenvalue weighted by molar-refractivity contribution is 7.85. The molecule has 12 heteroatoms. The molecule has 0 aromatic carbocycles. The molecule has 1 amide bonds. The smallest absolute Gasteiger partial charge is 0.302 e. The summed E-state index contributed by atoms with van der Waals surface area (Å²) >= 11 is 0. The number of rotatable bonds is 10. The van der Waals surface area contributed by atoms with E-state index in [2.05, 4.69) is 26.1 Å².